The number of carbonyl (C=O) groups is 1. The van der Waals surface area contributed by atoms with Crippen molar-refractivity contribution >= 4 is 34.4 Å². The molecule has 2 aliphatic carbocycles. The van der Waals surface area contributed by atoms with Crippen LogP contribution in [0, 0.1) is 12.8 Å². The van der Waals surface area contributed by atoms with Gasteiger partial charge in [0.25, 0.3) is 5.91 Å². The third kappa shape index (κ3) is 5.05. The van der Waals surface area contributed by atoms with Crippen LogP contribution in [0.3, 0.4) is 0 Å². The largest absolute Gasteiger partial charge is 0.367 e. The Kier molecular flexibility index (Phi) is 6.66. The number of hydrogen-bond acceptors (Lipinski definition) is 5. The van der Waals surface area contributed by atoms with Gasteiger partial charge < -0.3 is 10.6 Å². The van der Waals surface area contributed by atoms with Gasteiger partial charge in [-0.05, 0) is 81.7 Å². The SMILES string of the molecule is Cc1ncc(Cl)cc1C(=O)NC1CCC(Cn2c(=O)n(-c3ccc(NC4CC4)nc3)c3ccccc32)CC1. The van der Waals surface area contributed by atoms with E-state index in [0.717, 1.165) is 48.2 Å². The average molecular weight is 531 g/mol. The minimum atomic E-state index is -0.132. The summed E-state index contributed by atoms with van der Waals surface area (Å²) in [5.41, 5.74) is 3.72. The zero-order valence-electron chi connectivity index (χ0n) is 21.4. The molecule has 0 bridgehead atoms. The zero-order valence-corrected chi connectivity index (χ0v) is 22.1. The van der Waals surface area contributed by atoms with Gasteiger partial charge in [0, 0.05) is 24.8 Å². The maximum atomic E-state index is 13.7. The molecule has 2 saturated carbocycles. The summed E-state index contributed by atoms with van der Waals surface area (Å²) in [6, 6.07) is 14.1. The first-order valence-electron chi connectivity index (χ1n) is 13.3. The molecule has 4 aromatic rings. The Morgan fingerprint density at radius 2 is 1.71 bits per heavy atom. The van der Waals surface area contributed by atoms with Gasteiger partial charge in [-0.25, -0.2) is 9.78 Å². The van der Waals surface area contributed by atoms with Crippen molar-refractivity contribution in [3.63, 3.8) is 0 Å². The number of halogens is 1. The number of aryl methyl sites for hydroxylation is 1. The van der Waals surface area contributed by atoms with Gasteiger partial charge in [-0.1, -0.05) is 23.7 Å². The highest BCUT2D eigenvalue weighted by molar-refractivity contribution is 6.30. The van der Waals surface area contributed by atoms with Crippen LogP contribution in [0.5, 0.6) is 0 Å². The Labute approximate surface area is 226 Å². The normalized spacial score (nSPS) is 19.4. The zero-order chi connectivity index (χ0) is 26.2. The minimum Gasteiger partial charge on any atom is -0.367 e. The lowest BCUT2D eigenvalue weighted by molar-refractivity contribution is 0.0919. The number of para-hydroxylation sites is 2. The molecule has 2 aliphatic rings. The summed E-state index contributed by atoms with van der Waals surface area (Å²) in [6.07, 6.45) is 9.31. The number of anilines is 1. The summed E-state index contributed by atoms with van der Waals surface area (Å²) in [6.45, 7) is 2.46. The molecular weight excluding hydrogens is 500 g/mol. The van der Waals surface area contributed by atoms with Crippen LogP contribution in [0.25, 0.3) is 16.7 Å². The molecular formula is C29H31ClN6O2. The fourth-order valence-corrected chi connectivity index (χ4v) is 5.58. The van der Waals surface area contributed by atoms with Crippen LogP contribution in [0.1, 0.15) is 54.6 Å². The molecule has 1 aromatic carbocycles. The molecule has 196 valence electrons. The number of fused-ring (bicyclic) bond motifs is 1. The highest BCUT2D eigenvalue weighted by atomic mass is 35.5. The van der Waals surface area contributed by atoms with Gasteiger partial charge in [0.15, 0.2) is 0 Å². The number of nitrogens with zero attached hydrogens (tertiary/aromatic N) is 4. The number of imidazole rings is 1. The lowest BCUT2D eigenvalue weighted by atomic mass is 9.85. The van der Waals surface area contributed by atoms with Gasteiger partial charge >= 0.3 is 5.69 Å². The molecule has 0 unspecified atom stereocenters. The predicted octanol–water partition coefficient (Wildman–Crippen LogP) is 5.11. The summed E-state index contributed by atoms with van der Waals surface area (Å²) < 4.78 is 3.66. The number of benzene rings is 1. The lowest BCUT2D eigenvalue weighted by Crippen LogP contribution is -2.39. The van der Waals surface area contributed by atoms with E-state index in [4.69, 9.17) is 11.6 Å². The topological polar surface area (TPSA) is 93.8 Å². The molecule has 3 aromatic heterocycles. The van der Waals surface area contributed by atoms with E-state index in [1.54, 1.807) is 23.0 Å². The van der Waals surface area contributed by atoms with Gasteiger partial charge in [-0.15, -0.1) is 0 Å². The van der Waals surface area contributed by atoms with Crippen molar-refractivity contribution < 1.29 is 4.79 Å². The number of pyridine rings is 2. The quantitative estimate of drug-likeness (QED) is 0.346. The van der Waals surface area contributed by atoms with Crippen molar-refractivity contribution in [2.75, 3.05) is 5.32 Å². The van der Waals surface area contributed by atoms with Crippen molar-refractivity contribution in [1.82, 2.24) is 24.4 Å². The monoisotopic (exact) mass is 530 g/mol. The molecule has 0 radical (unpaired) electrons. The van der Waals surface area contributed by atoms with Crippen LogP contribution in [-0.4, -0.2) is 37.1 Å². The van der Waals surface area contributed by atoms with E-state index < -0.39 is 0 Å². The van der Waals surface area contributed by atoms with Crippen molar-refractivity contribution in [1.29, 1.82) is 0 Å². The number of rotatable bonds is 7. The number of carbonyl (C=O) groups excluding carboxylic acids is 1. The first-order chi connectivity index (χ1) is 18.5. The molecule has 0 spiro atoms. The maximum absolute atomic E-state index is 13.7. The van der Waals surface area contributed by atoms with E-state index >= 15 is 0 Å². The summed E-state index contributed by atoms with van der Waals surface area (Å²) in [7, 11) is 0. The van der Waals surface area contributed by atoms with Crippen LogP contribution in [-0.2, 0) is 6.54 Å². The average Bonchev–Trinajstić information content (AvgIpc) is 3.70. The van der Waals surface area contributed by atoms with Crippen LogP contribution < -0.4 is 16.3 Å². The highest BCUT2D eigenvalue weighted by Gasteiger charge is 2.26. The summed E-state index contributed by atoms with van der Waals surface area (Å²) in [4.78, 5) is 35.2. The van der Waals surface area contributed by atoms with E-state index in [2.05, 4.69) is 20.6 Å². The molecule has 0 aliphatic heterocycles. The lowest BCUT2D eigenvalue weighted by Gasteiger charge is -2.29. The van der Waals surface area contributed by atoms with Crippen LogP contribution >= 0.6 is 11.6 Å². The molecule has 8 nitrogen and oxygen atoms in total. The second kappa shape index (κ2) is 10.3. The number of hydrogen-bond donors (Lipinski definition) is 2. The highest BCUT2D eigenvalue weighted by Crippen LogP contribution is 2.28. The maximum Gasteiger partial charge on any atom is 0.333 e. The Morgan fingerprint density at radius 1 is 0.974 bits per heavy atom. The van der Waals surface area contributed by atoms with E-state index in [-0.39, 0.29) is 17.6 Å². The van der Waals surface area contributed by atoms with E-state index in [0.29, 0.717) is 34.8 Å². The van der Waals surface area contributed by atoms with E-state index in [1.165, 1.54) is 12.8 Å². The van der Waals surface area contributed by atoms with Gasteiger partial charge in [-0.3, -0.25) is 18.9 Å². The molecule has 3 heterocycles. The standard InChI is InChI=1S/C29H31ClN6O2/c1-18-24(14-20(30)15-31-18)28(37)34-22-8-6-19(7-9-22)17-35-25-4-2-3-5-26(25)36(29(35)38)23-12-13-27(32-16-23)33-21-10-11-21/h2-5,12-16,19,21-22H,6-11,17H2,1H3,(H,32,33)(H,34,37). The molecule has 0 saturated heterocycles. The smallest absolute Gasteiger partial charge is 0.333 e. The Morgan fingerprint density at radius 3 is 2.42 bits per heavy atom. The summed E-state index contributed by atoms with van der Waals surface area (Å²) in [5.74, 6) is 1.07. The second-order valence-corrected chi connectivity index (χ2v) is 11.0. The van der Waals surface area contributed by atoms with Crippen molar-refractivity contribution in [2.24, 2.45) is 5.92 Å². The Balaban J connectivity index is 1.16. The molecule has 1 amide bonds. The molecule has 2 N–H and O–H groups in total. The molecule has 38 heavy (non-hydrogen) atoms. The third-order valence-electron chi connectivity index (χ3n) is 7.69. The molecule has 9 heteroatoms. The Bertz CT molecular complexity index is 1530. The van der Waals surface area contributed by atoms with E-state index in [9.17, 15) is 9.59 Å². The molecule has 0 atom stereocenters. The summed E-state index contributed by atoms with van der Waals surface area (Å²) in [5, 5.41) is 7.00. The van der Waals surface area contributed by atoms with E-state index in [1.807, 2.05) is 47.9 Å². The fraction of sp³-hybridized carbons (Fsp3) is 0.379. The van der Waals surface area contributed by atoms with Crippen molar-refractivity contribution in [2.45, 2.75) is 64.1 Å². The second-order valence-electron chi connectivity index (χ2n) is 10.5. The van der Waals surface area contributed by atoms with Crippen LogP contribution in [0.15, 0.2) is 59.7 Å². The van der Waals surface area contributed by atoms with Crippen molar-refractivity contribution in [3.8, 4) is 5.69 Å². The van der Waals surface area contributed by atoms with Gasteiger partial charge in [-0.2, -0.15) is 0 Å². The first-order valence-corrected chi connectivity index (χ1v) is 13.7. The first kappa shape index (κ1) is 24.7. The molecule has 2 fully saturated rings. The van der Waals surface area contributed by atoms with Gasteiger partial charge in [0.05, 0.1) is 39.2 Å². The predicted molar refractivity (Wildman–Crippen MR) is 149 cm³/mol. The fourth-order valence-electron chi connectivity index (χ4n) is 5.42. The number of aromatic nitrogens is 4. The van der Waals surface area contributed by atoms with Gasteiger partial charge in [0.1, 0.15) is 5.82 Å². The number of amides is 1. The molecule has 6 rings (SSSR count). The van der Waals surface area contributed by atoms with Crippen molar-refractivity contribution in [3.05, 3.63) is 81.6 Å². The van der Waals surface area contributed by atoms with Crippen LogP contribution in [0.4, 0.5) is 5.82 Å². The third-order valence-corrected chi connectivity index (χ3v) is 7.90. The number of nitrogens with one attached hydrogen (secondary N) is 2. The minimum absolute atomic E-state index is 0.0461. The Hall–Kier alpha value is -3.65. The van der Waals surface area contributed by atoms with Gasteiger partial charge in [0.2, 0.25) is 0 Å². The summed E-state index contributed by atoms with van der Waals surface area (Å²) >= 11 is 6.04. The van der Waals surface area contributed by atoms with Crippen LogP contribution in [0.2, 0.25) is 5.02 Å².